The van der Waals surface area contributed by atoms with Crippen LogP contribution in [0.25, 0.3) is 11.0 Å². The van der Waals surface area contributed by atoms with Gasteiger partial charge in [0.1, 0.15) is 11.6 Å². The normalized spacial score (nSPS) is 20.5. The van der Waals surface area contributed by atoms with Gasteiger partial charge < -0.3 is 5.11 Å². The van der Waals surface area contributed by atoms with Crippen molar-refractivity contribution in [2.75, 3.05) is 0 Å². The van der Waals surface area contributed by atoms with Crippen LogP contribution in [0.15, 0.2) is 35.9 Å². The summed E-state index contributed by atoms with van der Waals surface area (Å²) in [5.41, 5.74) is 2.43. The number of hydrogen-bond donors (Lipinski definition) is 1. The van der Waals surface area contributed by atoms with E-state index < -0.39 is 5.60 Å². The molecule has 0 bridgehead atoms. The molecule has 1 heterocycles. The molecule has 3 rings (SSSR count). The highest BCUT2D eigenvalue weighted by Crippen LogP contribution is 2.38. The molecule has 1 atom stereocenters. The minimum atomic E-state index is -0.792. The summed E-state index contributed by atoms with van der Waals surface area (Å²) >= 11 is 5.79. The van der Waals surface area contributed by atoms with Crippen LogP contribution >= 0.6 is 11.6 Å². The third kappa shape index (κ3) is 2.34. The zero-order valence-electron chi connectivity index (χ0n) is 11.2. The molecule has 1 aliphatic carbocycles. The van der Waals surface area contributed by atoms with E-state index in [1.165, 1.54) is 12.0 Å². The topological polar surface area (TPSA) is 50.9 Å². The lowest BCUT2D eigenvalue weighted by molar-refractivity contribution is -0.0304. The van der Waals surface area contributed by atoms with Crippen molar-refractivity contribution < 1.29 is 5.11 Å². The van der Waals surface area contributed by atoms with Crippen LogP contribution < -0.4 is 0 Å². The zero-order chi connectivity index (χ0) is 14.0. The number of rotatable bonds is 3. The second-order valence-electron chi connectivity index (χ2n) is 5.45. The summed E-state index contributed by atoms with van der Waals surface area (Å²) in [5, 5.41) is 19.4. The van der Waals surface area contributed by atoms with Gasteiger partial charge in [0.25, 0.3) is 0 Å². The lowest BCUT2D eigenvalue weighted by Crippen LogP contribution is -2.40. The monoisotopic (exact) mass is 291 g/mol. The van der Waals surface area contributed by atoms with Gasteiger partial charge in [0.2, 0.25) is 0 Å². The molecule has 1 fully saturated rings. The summed E-state index contributed by atoms with van der Waals surface area (Å²) in [6.45, 7) is 0. The number of para-hydroxylation sites is 1. The van der Waals surface area contributed by atoms with Crippen molar-refractivity contribution in [2.24, 2.45) is 0 Å². The van der Waals surface area contributed by atoms with Crippen molar-refractivity contribution in [3.05, 3.63) is 35.9 Å². The van der Waals surface area contributed by atoms with Crippen molar-refractivity contribution in [2.45, 2.75) is 43.7 Å². The number of nitrogens with zero attached hydrogens (tertiary/aromatic N) is 3. The van der Waals surface area contributed by atoms with E-state index in [9.17, 15) is 5.11 Å². The van der Waals surface area contributed by atoms with Gasteiger partial charge in [-0.1, -0.05) is 48.2 Å². The Labute approximate surface area is 123 Å². The predicted molar refractivity (Wildman–Crippen MR) is 79.6 cm³/mol. The molecule has 1 saturated carbocycles. The molecule has 1 unspecified atom stereocenters. The molecule has 0 amide bonds. The van der Waals surface area contributed by atoms with Gasteiger partial charge in [0.05, 0.1) is 11.1 Å². The molecule has 1 aromatic heterocycles. The highest BCUT2D eigenvalue weighted by molar-refractivity contribution is 6.25. The molecule has 1 aromatic carbocycles. The van der Waals surface area contributed by atoms with E-state index in [1.54, 1.807) is 4.68 Å². The van der Waals surface area contributed by atoms with Crippen molar-refractivity contribution >= 4 is 22.6 Å². The largest absolute Gasteiger partial charge is 0.387 e. The fourth-order valence-corrected chi connectivity index (χ4v) is 3.25. The Morgan fingerprint density at radius 3 is 2.75 bits per heavy atom. The molecular weight excluding hydrogens is 274 g/mol. The Kier molecular flexibility index (Phi) is 3.76. The summed E-state index contributed by atoms with van der Waals surface area (Å²) in [5.74, 6) is 0. The molecule has 1 N–H and O–H groups in total. The quantitative estimate of drug-likeness (QED) is 0.943. The molecule has 0 spiro atoms. The van der Waals surface area contributed by atoms with Crippen LogP contribution in [0, 0.1) is 0 Å². The highest BCUT2D eigenvalue weighted by atomic mass is 35.5. The van der Waals surface area contributed by atoms with Gasteiger partial charge >= 0.3 is 0 Å². The first kappa shape index (κ1) is 13.6. The number of hydrogen-bond acceptors (Lipinski definition) is 3. The molecule has 0 saturated heterocycles. The zero-order valence-corrected chi connectivity index (χ0v) is 12.0. The molecule has 20 heavy (non-hydrogen) atoms. The smallest absolute Gasteiger partial charge is 0.113 e. The molecule has 2 aromatic rings. The summed E-state index contributed by atoms with van der Waals surface area (Å²) in [7, 11) is 0. The first-order valence-electron chi connectivity index (χ1n) is 7.04. The third-order valence-electron chi connectivity index (χ3n) is 4.17. The van der Waals surface area contributed by atoms with Crippen molar-refractivity contribution in [1.29, 1.82) is 0 Å². The predicted octanol–water partition coefficient (Wildman–Crippen LogP) is 3.42. The molecule has 4 nitrogen and oxygen atoms in total. The maximum absolute atomic E-state index is 11.0. The van der Waals surface area contributed by atoms with Crippen LogP contribution in [0.4, 0.5) is 0 Å². The van der Waals surface area contributed by atoms with Crippen LogP contribution in [0.1, 0.15) is 38.1 Å². The number of benzene rings is 1. The van der Waals surface area contributed by atoms with E-state index in [1.807, 2.05) is 30.3 Å². The van der Waals surface area contributed by atoms with Crippen molar-refractivity contribution in [3.63, 3.8) is 0 Å². The van der Waals surface area contributed by atoms with Gasteiger partial charge in [-0.05, 0) is 31.1 Å². The minimum Gasteiger partial charge on any atom is -0.387 e. The van der Waals surface area contributed by atoms with Gasteiger partial charge in [-0.2, -0.15) is 0 Å². The van der Waals surface area contributed by atoms with Crippen LogP contribution in [-0.4, -0.2) is 25.7 Å². The number of halogens is 1. The summed E-state index contributed by atoms with van der Waals surface area (Å²) in [6.07, 6.45) is 6.61. The summed E-state index contributed by atoms with van der Waals surface area (Å²) in [4.78, 5) is 0. The maximum atomic E-state index is 11.0. The minimum absolute atomic E-state index is 0.271. The van der Waals surface area contributed by atoms with E-state index in [2.05, 4.69) is 10.3 Å². The Hall–Kier alpha value is -1.39. The third-order valence-corrected chi connectivity index (χ3v) is 4.31. The molecular formula is C15H18ClN3O. The lowest BCUT2D eigenvalue weighted by atomic mass is 9.79. The average molecular weight is 292 g/mol. The number of aliphatic hydroxyl groups is 1. The van der Waals surface area contributed by atoms with Crippen LogP contribution in [0.3, 0.4) is 0 Å². The van der Waals surface area contributed by atoms with Gasteiger partial charge in [0, 0.05) is 5.54 Å². The highest BCUT2D eigenvalue weighted by Gasteiger charge is 2.38. The first-order valence-corrected chi connectivity index (χ1v) is 7.47. The Morgan fingerprint density at radius 2 is 2.00 bits per heavy atom. The van der Waals surface area contributed by atoms with E-state index in [4.69, 9.17) is 11.6 Å². The van der Waals surface area contributed by atoms with E-state index in [0.29, 0.717) is 0 Å². The van der Waals surface area contributed by atoms with Gasteiger partial charge in [-0.25, -0.2) is 4.68 Å². The van der Waals surface area contributed by atoms with E-state index >= 15 is 0 Å². The fourth-order valence-electron chi connectivity index (χ4n) is 3.11. The van der Waals surface area contributed by atoms with Crippen molar-refractivity contribution in [1.82, 2.24) is 15.0 Å². The van der Waals surface area contributed by atoms with Crippen LogP contribution in [0.2, 0.25) is 0 Å². The second-order valence-corrected chi connectivity index (χ2v) is 5.70. The second kappa shape index (κ2) is 5.54. The molecule has 0 radical (unpaired) electrons. The Bertz CT molecular complexity index is 616. The van der Waals surface area contributed by atoms with Crippen LogP contribution in [0.5, 0.6) is 0 Å². The molecule has 0 aliphatic heterocycles. The van der Waals surface area contributed by atoms with Crippen molar-refractivity contribution in [3.8, 4) is 0 Å². The summed E-state index contributed by atoms with van der Waals surface area (Å²) in [6, 6.07) is 7.51. The Balaban J connectivity index is 2.06. The summed E-state index contributed by atoms with van der Waals surface area (Å²) < 4.78 is 1.79. The van der Waals surface area contributed by atoms with Crippen LogP contribution in [-0.2, 0) is 0 Å². The molecule has 1 aliphatic rings. The average Bonchev–Trinajstić information content (AvgIpc) is 2.89. The fraction of sp³-hybridized carbons (Fsp3) is 0.467. The number of aromatic nitrogens is 3. The molecule has 5 heteroatoms. The number of fused-ring (bicyclic) bond motifs is 1. The lowest BCUT2D eigenvalue weighted by Gasteiger charge is -2.37. The maximum Gasteiger partial charge on any atom is 0.113 e. The molecule has 106 valence electrons. The SMILES string of the molecule is OC1(C(/C=C\Cl)n2nnc3ccccc32)CCCCC1. The standard InChI is InChI=1S/C15H18ClN3O/c16-11-8-14(15(20)9-4-1-5-10-15)19-13-7-3-2-6-12(13)17-18-19/h2-3,6-8,11,14,20H,1,4-5,9-10H2/b11-8-. The van der Waals surface area contributed by atoms with Gasteiger partial charge in [-0.15, -0.1) is 5.10 Å². The van der Waals surface area contributed by atoms with E-state index in [-0.39, 0.29) is 6.04 Å². The first-order chi connectivity index (χ1) is 9.74. The Morgan fingerprint density at radius 1 is 1.25 bits per heavy atom. The van der Waals surface area contributed by atoms with E-state index in [0.717, 1.165) is 36.7 Å². The van der Waals surface area contributed by atoms with Gasteiger partial charge in [0.15, 0.2) is 0 Å². The van der Waals surface area contributed by atoms with Gasteiger partial charge in [-0.3, -0.25) is 0 Å².